The fourth-order valence-corrected chi connectivity index (χ4v) is 4.45. The zero-order valence-electron chi connectivity index (χ0n) is 20.5. The molecule has 10 nitrogen and oxygen atoms in total. The summed E-state index contributed by atoms with van der Waals surface area (Å²) in [5.74, 6) is -3.36. The van der Waals surface area contributed by atoms with E-state index in [-0.39, 0.29) is 50.3 Å². The normalized spacial score (nSPS) is 32.1. The molecular weight excluding hydrogens is 436 g/mol. The van der Waals surface area contributed by atoms with Gasteiger partial charge in [-0.2, -0.15) is 0 Å². The summed E-state index contributed by atoms with van der Waals surface area (Å²) in [6.07, 6.45) is -1.00. The van der Waals surface area contributed by atoms with Gasteiger partial charge in [0.25, 0.3) is 0 Å². The minimum Gasteiger partial charge on any atom is -0.466 e. The predicted molar refractivity (Wildman–Crippen MR) is 114 cm³/mol. The molecule has 3 aliphatic heterocycles. The lowest BCUT2D eigenvalue weighted by Gasteiger charge is -2.30. The predicted octanol–water partition coefficient (Wildman–Crippen LogP) is 2.46. The Morgan fingerprint density at radius 3 is 1.67 bits per heavy atom. The Morgan fingerprint density at radius 2 is 1.21 bits per heavy atom. The zero-order chi connectivity index (χ0) is 24.3. The van der Waals surface area contributed by atoms with Gasteiger partial charge in [-0.25, -0.2) is 0 Å². The molecule has 3 rings (SSSR count). The average Bonchev–Trinajstić information content (AvgIpc) is 3.40. The minimum atomic E-state index is -1.13. The van der Waals surface area contributed by atoms with E-state index in [0.29, 0.717) is 19.8 Å². The summed E-state index contributed by atoms with van der Waals surface area (Å²) < 4.78 is 46.7. The molecule has 0 aliphatic carbocycles. The maximum Gasteiger partial charge on any atom is 0.305 e. The molecule has 0 bridgehead atoms. The third-order valence-electron chi connectivity index (χ3n) is 5.83. The lowest BCUT2D eigenvalue weighted by atomic mass is 10.0. The van der Waals surface area contributed by atoms with Gasteiger partial charge in [0.1, 0.15) is 24.4 Å². The van der Waals surface area contributed by atoms with Crippen molar-refractivity contribution in [2.24, 2.45) is 0 Å². The van der Waals surface area contributed by atoms with Crippen LogP contribution >= 0.6 is 0 Å². The Kier molecular flexibility index (Phi) is 8.40. The molecule has 0 radical (unpaired) electrons. The summed E-state index contributed by atoms with van der Waals surface area (Å²) >= 11 is 0. The van der Waals surface area contributed by atoms with Gasteiger partial charge in [0.15, 0.2) is 17.4 Å². The minimum absolute atomic E-state index is 0.105. The molecule has 0 amide bonds. The maximum atomic E-state index is 12.0. The van der Waals surface area contributed by atoms with Crippen molar-refractivity contribution in [2.45, 2.75) is 109 Å². The van der Waals surface area contributed by atoms with Gasteiger partial charge in [0, 0.05) is 12.8 Å². The molecule has 3 heterocycles. The third kappa shape index (κ3) is 6.86. The first-order valence-electron chi connectivity index (χ1n) is 11.8. The molecule has 3 aliphatic rings. The molecular formula is C23H38O10. The lowest BCUT2D eigenvalue weighted by Crippen LogP contribution is -2.45. The van der Waals surface area contributed by atoms with E-state index in [1.54, 1.807) is 13.8 Å². The number of esters is 2. The van der Waals surface area contributed by atoms with Gasteiger partial charge >= 0.3 is 11.9 Å². The molecule has 0 spiro atoms. The van der Waals surface area contributed by atoms with Crippen molar-refractivity contribution in [3.05, 3.63) is 0 Å². The zero-order valence-corrected chi connectivity index (χ0v) is 20.5. The first-order chi connectivity index (χ1) is 15.5. The van der Waals surface area contributed by atoms with Gasteiger partial charge in [0.2, 0.25) is 0 Å². The molecule has 3 saturated heterocycles. The summed E-state index contributed by atoms with van der Waals surface area (Å²) in [4.78, 5) is 24.0. The molecule has 10 heteroatoms. The van der Waals surface area contributed by atoms with Crippen molar-refractivity contribution in [2.75, 3.05) is 26.4 Å². The highest BCUT2D eigenvalue weighted by molar-refractivity contribution is 5.70. The molecule has 0 N–H and O–H groups in total. The monoisotopic (exact) mass is 474 g/mol. The van der Waals surface area contributed by atoms with Gasteiger partial charge < -0.3 is 37.9 Å². The highest BCUT2D eigenvalue weighted by atomic mass is 16.8. The van der Waals surface area contributed by atoms with Crippen molar-refractivity contribution < 1.29 is 47.5 Å². The van der Waals surface area contributed by atoms with E-state index in [0.717, 1.165) is 0 Å². The van der Waals surface area contributed by atoms with Gasteiger partial charge in [-0.3, -0.25) is 9.59 Å². The molecule has 0 aromatic rings. The van der Waals surface area contributed by atoms with Crippen LogP contribution in [0.25, 0.3) is 0 Å². The molecule has 4 atom stereocenters. The Hall–Kier alpha value is -1.30. The van der Waals surface area contributed by atoms with Gasteiger partial charge in [0.05, 0.1) is 39.3 Å². The van der Waals surface area contributed by atoms with Crippen LogP contribution in [-0.4, -0.2) is 80.1 Å². The maximum absolute atomic E-state index is 12.0. The second-order valence-corrected chi connectivity index (χ2v) is 9.42. The summed E-state index contributed by atoms with van der Waals surface area (Å²) in [5, 5.41) is 0. The van der Waals surface area contributed by atoms with Gasteiger partial charge in [-0.05, 0) is 41.5 Å². The fourth-order valence-electron chi connectivity index (χ4n) is 4.45. The molecule has 0 unspecified atom stereocenters. The van der Waals surface area contributed by atoms with Crippen LogP contribution < -0.4 is 0 Å². The molecule has 0 saturated carbocycles. The van der Waals surface area contributed by atoms with Gasteiger partial charge in [-0.15, -0.1) is 0 Å². The standard InChI is InChI=1S/C23H38O10/c1-7-26-17(24)9-11-23(12-10-18(25)27-8-2)29-14-16(31-23)20-19(32-22(5,6)33-20)15-13-28-21(3,4)30-15/h15-16,19-20H,7-14H2,1-6H3/t15-,16+,19+,20+/m0/s1. The summed E-state index contributed by atoms with van der Waals surface area (Å²) in [6.45, 7) is 12.1. The van der Waals surface area contributed by atoms with Crippen LogP contribution in [0, 0.1) is 0 Å². The number of carbonyl (C=O) groups excluding carboxylic acids is 2. The van der Waals surface area contributed by atoms with E-state index in [2.05, 4.69) is 0 Å². The molecule has 33 heavy (non-hydrogen) atoms. The largest absolute Gasteiger partial charge is 0.466 e. The summed E-state index contributed by atoms with van der Waals surface area (Å²) in [6, 6.07) is 0. The van der Waals surface area contributed by atoms with Crippen molar-refractivity contribution in [3.63, 3.8) is 0 Å². The van der Waals surface area contributed by atoms with Crippen LogP contribution in [0.4, 0.5) is 0 Å². The topological polar surface area (TPSA) is 108 Å². The summed E-state index contributed by atoms with van der Waals surface area (Å²) in [7, 11) is 0. The van der Waals surface area contributed by atoms with Crippen LogP contribution in [0.5, 0.6) is 0 Å². The van der Waals surface area contributed by atoms with Crippen LogP contribution in [0.2, 0.25) is 0 Å². The highest BCUT2D eigenvalue weighted by Crippen LogP contribution is 2.42. The van der Waals surface area contributed by atoms with E-state index < -0.39 is 35.7 Å². The van der Waals surface area contributed by atoms with Crippen molar-refractivity contribution in [1.29, 1.82) is 0 Å². The first-order valence-corrected chi connectivity index (χ1v) is 11.8. The van der Waals surface area contributed by atoms with Crippen LogP contribution in [-0.2, 0) is 47.5 Å². The second-order valence-electron chi connectivity index (χ2n) is 9.42. The highest BCUT2D eigenvalue weighted by Gasteiger charge is 2.56. The van der Waals surface area contributed by atoms with Crippen molar-refractivity contribution in [3.8, 4) is 0 Å². The van der Waals surface area contributed by atoms with Crippen LogP contribution in [0.15, 0.2) is 0 Å². The molecule has 190 valence electrons. The summed E-state index contributed by atoms with van der Waals surface area (Å²) in [5.41, 5.74) is 0. The number of hydrogen-bond acceptors (Lipinski definition) is 10. The average molecular weight is 475 g/mol. The Morgan fingerprint density at radius 1 is 0.727 bits per heavy atom. The molecule has 0 aromatic carbocycles. The van der Waals surface area contributed by atoms with Crippen molar-refractivity contribution in [1.82, 2.24) is 0 Å². The molecule has 3 fully saturated rings. The Balaban J connectivity index is 1.71. The Bertz CT molecular complexity index is 669. The van der Waals surface area contributed by atoms with Crippen LogP contribution in [0.3, 0.4) is 0 Å². The number of carbonyl (C=O) groups is 2. The SMILES string of the molecule is CCOC(=O)CCC1(CCC(=O)OCC)OC[C@H]([C@H]2OC(C)(C)O[C@@H]2[C@@H]2COC(C)(C)O2)O1. The third-order valence-corrected chi connectivity index (χ3v) is 5.83. The Labute approximate surface area is 195 Å². The smallest absolute Gasteiger partial charge is 0.305 e. The van der Waals surface area contributed by atoms with Crippen LogP contribution in [0.1, 0.15) is 67.2 Å². The first kappa shape index (κ1) is 26.3. The van der Waals surface area contributed by atoms with E-state index in [1.165, 1.54) is 0 Å². The van der Waals surface area contributed by atoms with E-state index in [4.69, 9.17) is 37.9 Å². The fraction of sp³-hybridized carbons (Fsp3) is 0.913. The molecule has 0 aromatic heterocycles. The number of rotatable bonds is 10. The number of ether oxygens (including phenoxy) is 8. The number of hydrogen-bond donors (Lipinski definition) is 0. The quantitative estimate of drug-likeness (QED) is 0.438. The second kappa shape index (κ2) is 10.5. The van der Waals surface area contributed by atoms with E-state index >= 15 is 0 Å². The lowest BCUT2D eigenvalue weighted by molar-refractivity contribution is -0.201. The van der Waals surface area contributed by atoms with Crippen molar-refractivity contribution >= 4 is 11.9 Å². The van der Waals surface area contributed by atoms with E-state index in [1.807, 2.05) is 27.7 Å². The van der Waals surface area contributed by atoms with Gasteiger partial charge in [-0.1, -0.05) is 0 Å². The van der Waals surface area contributed by atoms with E-state index in [9.17, 15) is 9.59 Å².